The molecule has 1 saturated carbocycles. The second-order valence-electron chi connectivity index (χ2n) is 12.1. The molecule has 0 saturated heterocycles. The van der Waals surface area contributed by atoms with Crippen LogP contribution in [-0.2, 0) is 26.2 Å². The van der Waals surface area contributed by atoms with Crippen LogP contribution in [0.15, 0.2) is 108 Å². The Labute approximate surface area is 288 Å². The van der Waals surface area contributed by atoms with Gasteiger partial charge in [0.25, 0.3) is 10.0 Å². The molecule has 4 aromatic carbocycles. The third kappa shape index (κ3) is 8.96. The van der Waals surface area contributed by atoms with E-state index in [0.29, 0.717) is 22.9 Å². The highest BCUT2D eigenvalue weighted by molar-refractivity contribution is 7.92. The first kappa shape index (κ1) is 35.0. The zero-order valence-electron chi connectivity index (χ0n) is 27.3. The van der Waals surface area contributed by atoms with Crippen molar-refractivity contribution in [3.05, 3.63) is 119 Å². The van der Waals surface area contributed by atoms with E-state index in [1.54, 1.807) is 60.7 Å². The SMILES string of the molecule is CC[C@@H](C(=O)NC1CCCCC1)N(Cc1ccc(Cl)cc1)C(=O)CN(c1ccc(Oc2ccccc2)cc1)S(=O)(=O)c1ccc(C)cc1. The predicted octanol–water partition coefficient (Wildman–Crippen LogP) is 7.89. The van der Waals surface area contributed by atoms with Crippen molar-refractivity contribution in [1.29, 1.82) is 0 Å². The molecular weight excluding hydrogens is 646 g/mol. The lowest BCUT2D eigenvalue weighted by molar-refractivity contribution is -0.140. The van der Waals surface area contributed by atoms with Gasteiger partial charge in [0.15, 0.2) is 0 Å². The summed E-state index contributed by atoms with van der Waals surface area (Å²) >= 11 is 6.14. The molecule has 2 amide bonds. The van der Waals surface area contributed by atoms with E-state index in [-0.39, 0.29) is 29.1 Å². The van der Waals surface area contributed by atoms with Crippen LogP contribution < -0.4 is 14.4 Å². The largest absolute Gasteiger partial charge is 0.457 e. The van der Waals surface area contributed by atoms with Gasteiger partial charge in [-0.1, -0.05) is 85.8 Å². The summed E-state index contributed by atoms with van der Waals surface area (Å²) in [6.45, 7) is 3.32. The lowest BCUT2D eigenvalue weighted by Gasteiger charge is -2.34. The summed E-state index contributed by atoms with van der Waals surface area (Å²) in [5.41, 5.74) is 1.96. The smallest absolute Gasteiger partial charge is 0.264 e. The molecule has 0 aromatic heterocycles. The number of hydrogen-bond acceptors (Lipinski definition) is 5. The number of anilines is 1. The van der Waals surface area contributed by atoms with Gasteiger partial charge in [-0.25, -0.2) is 8.42 Å². The van der Waals surface area contributed by atoms with Crippen LogP contribution in [0.5, 0.6) is 11.5 Å². The highest BCUT2D eigenvalue weighted by atomic mass is 35.5. The van der Waals surface area contributed by atoms with Gasteiger partial charge in [-0.05, 0) is 92.4 Å². The number of carbonyl (C=O) groups is 2. The van der Waals surface area contributed by atoms with Crippen molar-refractivity contribution in [2.45, 2.75) is 75.9 Å². The van der Waals surface area contributed by atoms with Gasteiger partial charge < -0.3 is 15.0 Å². The number of ether oxygens (including phenoxy) is 1. The molecular formula is C38H42ClN3O5S. The zero-order valence-corrected chi connectivity index (χ0v) is 28.9. The number of sulfonamides is 1. The maximum atomic E-state index is 14.4. The molecule has 10 heteroatoms. The number of hydrogen-bond donors (Lipinski definition) is 1. The Morgan fingerprint density at radius 3 is 2.10 bits per heavy atom. The molecule has 8 nitrogen and oxygen atoms in total. The number of halogens is 1. The summed E-state index contributed by atoms with van der Waals surface area (Å²) in [4.78, 5) is 29.7. The topological polar surface area (TPSA) is 96.0 Å². The van der Waals surface area contributed by atoms with E-state index in [0.717, 1.165) is 47.5 Å². The van der Waals surface area contributed by atoms with Crippen molar-refractivity contribution in [2.24, 2.45) is 0 Å². The molecule has 1 atom stereocenters. The molecule has 0 spiro atoms. The highest BCUT2D eigenvalue weighted by Crippen LogP contribution is 2.29. The number of nitrogens with zero attached hydrogens (tertiary/aromatic N) is 2. The molecule has 1 aliphatic carbocycles. The van der Waals surface area contributed by atoms with Crippen molar-refractivity contribution in [1.82, 2.24) is 10.2 Å². The lowest BCUT2D eigenvalue weighted by Crippen LogP contribution is -2.54. The van der Waals surface area contributed by atoms with Crippen LogP contribution in [0.2, 0.25) is 5.02 Å². The highest BCUT2D eigenvalue weighted by Gasteiger charge is 2.34. The fourth-order valence-corrected chi connectivity index (χ4v) is 7.46. The summed E-state index contributed by atoms with van der Waals surface area (Å²) in [5.74, 6) is 0.413. The van der Waals surface area contributed by atoms with Gasteiger partial charge >= 0.3 is 0 Å². The van der Waals surface area contributed by atoms with E-state index in [1.165, 1.54) is 17.0 Å². The molecule has 1 aliphatic rings. The van der Waals surface area contributed by atoms with Crippen LogP contribution in [0.1, 0.15) is 56.6 Å². The maximum Gasteiger partial charge on any atom is 0.264 e. The third-order valence-corrected chi connectivity index (χ3v) is 10.6. The minimum Gasteiger partial charge on any atom is -0.457 e. The van der Waals surface area contributed by atoms with Gasteiger partial charge in [-0.15, -0.1) is 0 Å². The number of aryl methyl sites for hydroxylation is 1. The Bertz CT molecular complexity index is 1760. The Morgan fingerprint density at radius 2 is 1.48 bits per heavy atom. The van der Waals surface area contributed by atoms with Crippen molar-refractivity contribution < 1.29 is 22.7 Å². The van der Waals surface area contributed by atoms with E-state index < -0.39 is 28.5 Å². The van der Waals surface area contributed by atoms with E-state index in [1.807, 2.05) is 44.2 Å². The molecule has 252 valence electrons. The van der Waals surface area contributed by atoms with Crippen LogP contribution in [0.3, 0.4) is 0 Å². The molecule has 1 N–H and O–H groups in total. The first-order valence-corrected chi connectivity index (χ1v) is 18.2. The second kappa shape index (κ2) is 16.2. The summed E-state index contributed by atoms with van der Waals surface area (Å²) in [6.07, 6.45) is 5.41. The molecule has 1 fully saturated rings. The normalized spacial score (nSPS) is 14.1. The minimum atomic E-state index is -4.20. The van der Waals surface area contributed by atoms with Crippen molar-refractivity contribution in [3.8, 4) is 11.5 Å². The number of benzene rings is 4. The molecule has 0 radical (unpaired) electrons. The van der Waals surface area contributed by atoms with Crippen LogP contribution in [0.4, 0.5) is 5.69 Å². The van der Waals surface area contributed by atoms with Crippen molar-refractivity contribution in [3.63, 3.8) is 0 Å². The summed E-state index contributed by atoms with van der Waals surface area (Å²) in [7, 11) is -4.20. The summed E-state index contributed by atoms with van der Waals surface area (Å²) in [5, 5.41) is 3.72. The van der Waals surface area contributed by atoms with Crippen molar-refractivity contribution >= 4 is 39.1 Å². The number of para-hydroxylation sites is 1. The van der Waals surface area contributed by atoms with E-state index in [9.17, 15) is 18.0 Å². The van der Waals surface area contributed by atoms with Crippen LogP contribution in [-0.4, -0.2) is 43.8 Å². The van der Waals surface area contributed by atoms with E-state index >= 15 is 0 Å². The number of rotatable bonds is 13. The zero-order chi connectivity index (χ0) is 34.1. The molecule has 0 bridgehead atoms. The first-order valence-electron chi connectivity index (χ1n) is 16.4. The van der Waals surface area contributed by atoms with Crippen molar-refractivity contribution in [2.75, 3.05) is 10.8 Å². The van der Waals surface area contributed by atoms with Crippen LogP contribution >= 0.6 is 11.6 Å². The van der Waals surface area contributed by atoms with Gasteiger partial charge in [0, 0.05) is 17.6 Å². The van der Waals surface area contributed by atoms with Crippen LogP contribution in [0, 0.1) is 6.92 Å². The second-order valence-corrected chi connectivity index (χ2v) is 14.4. The Hall–Kier alpha value is -4.34. The van der Waals surface area contributed by atoms with Gasteiger partial charge in [-0.2, -0.15) is 0 Å². The number of carbonyl (C=O) groups excluding carboxylic acids is 2. The summed E-state index contributed by atoms with van der Waals surface area (Å²) < 4.78 is 35.5. The first-order chi connectivity index (χ1) is 23.1. The van der Waals surface area contributed by atoms with Gasteiger partial charge in [-0.3, -0.25) is 13.9 Å². The predicted molar refractivity (Wildman–Crippen MR) is 190 cm³/mol. The molecule has 0 unspecified atom stereocenters. The van der Waals surface area contributed by atoms with Gasteiger partial charge in [0.05, 0.1) is 10.6 Å². The maximum absolute atomic E-state index is 14.4. The average Bonchev–Trinajstić information content (AvgIpc) is 3.09. The van der Waals surface area contributed by atoms with Gasteiger partial charge in [0.2, 0.25) is 11.8 Å². The average molecular weight is 688 g/mol. The standard InChI is InChI=1S/C38H42ClN3O5S/c1-3-36(38(44)40-31-10-6-4-7-11-31)41(26-29-16-18-30(39)19-17-29)37(43)27-42(48(45,46)35-24-14-28(2)15-25-35)32-20-22-34(23-21-32)47-33-12-8-5-9-13-33/h5,8-9,12-25,31,36H,3-4,6-7,10-11,26-27H2,1-2H3,(H,40,44)/t36-/m0/s1. The third-order valence-electron chi connectivity index (χ3n) is 8.60. The Kier molecular flexibility index (Phi) is 11.8. The molecule has 5 rings (SSSR count). The monoisotopic (exact) mass is 687 g/mol. The molecule has 0 heterocycles. The van der Waals surface area contributed by atoms with E-state index in [4.69, 9.17) is 16.3 Å². The number of amides is 2. The molecule has 48 heavy (non-hydrogen) atoms. The van der Waals surface area contributed by atoms with E-state index in [2.05, 4.69) is 5.32 Å². The molecule has 0 aliphatic heterocycles. The minimum absolute atomic E-state index is 0.0526. The van der Waals surface area contributed by atoms with Crippen LogP contribution in [0.25, 0.3) is 0 Å². The fourth-order valence-electron chi connectivity index (χ4n) is 5.92. The Morgan fingerprint density at radius 1 is 0.854 bits per heavy atom. The number of nitrogens with one attached hydrogen (secondary N) is 1. The quantitative estimate of drug-likeness (QED) is 0.154. The Balaban J connectivity index is 1.48. The summed E-state index contributed by atoms with van der Waals surface area (Å²) in [6, 6.07) is 28.7. The molecule has 4 aromatic rings. The fraction of sp³-hybridized carbons (Fsp3) is 0.316. The van der Waals surface area contributed by atoms with Gasteiger partial charge in [0.1, 0.15) is 24.1 Å². The lowest BCUT2D eigenvalue weighted by atomic mass is 9.95.